The van der Waals surface area contributed by atoms with Crippen molar-refractivity contribution in [1.82, 2.24) is 0 Å². The highest BCUT2D eigenvalue weighted by atomic mass is 19.3. The minimum Gasteiger partial charge on any atom is -0.432 e. The fourth-order valence-corrected chi connectivity index (χ4v) is 4.33. The van der Waals surface area contributed by atoms with Crippen molar-refractivity contribution < 1.29 is 36.9 Å². The topological polar surface area (TPSA) is 49.7 Å². The summed E-state index contributed by atoms with van der Waals surface area (Å²) in [6.07, 6.45) is -0.203. The Morgan fingerprint density at radius 1 is 0.852 bits per heavy atom. The summed E-state index contributed by atoms with van der Waals surface area (Å²) >= 11 is 0. The van der Waals surface area contributed by atoms with Gasteiger partial charge in [-0.2, -0.15) is 8.78 Å². The second kappa shape index (κ2) is 7.54. The second-order valence-electron chi connectivity index (χ2n) is 7.80. The Morgan fingerprint density at radius 3 is 1.85 bits per heavy atom. The van der Waals surface area contributed by atoms with Gasteiger partial charge in [-0.1, -0.05) is 0 Å². The van der Waals surface area contributed by atoms with Gasteiger partial charge in [0.25, 0.3) is 0 Å². The summed E-state index contributed by atoms with van der Waals surface area (Å²) in [5, 5.41) is 19.2. The summed E-state index contributed by atoms with van der Waals surface area (Å²) in [4.78, 5) is 0. The zero-order chi connectivity index (χ0) is 19.8. The van der Waals surface area contributed by atoms with Crippen molar-refractivity contribution in [2.24, 2.45) is 17.8 Å². The molecule has 27 heavy (non-hydrogen) atoms. The number of alkyl halides is 2. The third-order valence-electron chi connectivity index (χ3n) is 5.96. The number of hydrogen-bond donors (Lipinski definition) is 2. The number of halogens is 5. The Labute approximate surface area is 154 Å². The summed E-state index contributed by atoms with van der Waals surface area (Å²) in [5.74, 6) is -7.81. The zero-order valence-electron chi connectivity index (χ0n) is 14.7. The van der Waals surface area contributed by atoms with Crippen LogP contribution >= 0.6 is 0 Å². The number of benzene rings is 1. The molecule has 0 radical (unpaired) electrons. The van der Waals surface area contributed by atoms with Gasteiger partial charge in [-0.05, 0) is 50.4 Å². The van der Waals surface area contributed by atoms with E-state index in [0.717, 1.165) is 0 Å². The molecule has 152 valence electrons. The number of hydrogen-bond acceptors (Lipinski definition) is 3. The molecule has 0 saturated heterocycles. The standard InChI is InChI=1S/C19H23F5O3/c20-15-9-14(10-16(21)17(15)22)27-19(23,24)13-3-1-11(2-4-13)12-5-7-18(25,26)8-6-12/h9-13,25-26H,1-8H2. The van der Waals surface area contributed by atoms with Gasteiger partial charge in [-0.25, -0.2) is 13.2 Å². The molecular weight excluding hydrogens is 371 g/mol. The van der Waals surface area contributed by atoms with Gasteiger partial charge in [0, 0.05) is 25.0 Å². The van der Waals surface area contributed by atoms with E-state index in [9.17, 15) is 32.2 Å². The molecule has 2 aliphatic carbocycles. The maximum atomic E-state index is 14.4. The van der Waals surface area contributed by atoms with Gasteiger partial charge in [0.05, 0.1) is 5.92 Å². The summed E-state index contributed by atoms with van der Waals surface area (Å²) in [6, 6.07) is 0.825. The van der Waals surface area contributed by atoms with Crippen LogP contribution in [0.1, 0.15) is 51.4 Å². The van der Waals surface area contributed by atoms with Crippen LogP contribution in [-0.4, -0.2) is 22.1 Å². The Balaban J connectivity index is 1.56. The maximum Gasteiger partial charge on any atom is 0.400 e. The van der Waals surface area contributed by atoms with Gasteiger partial charge >= 0.3 is 6.11 Å². The van der Waals surface area contributed by atoms with Crippen LogP contribution in [0, 0.1) is 35.2 Å². The molecule has 0 spiro atoms. The molecule has 0 heterocycles. The molecule has 0 amide bonds. The van der Waals surface area contributed by atoms with Crippen molar-refractivity contribution in [3.8, 4) is 5.75 Å². The average molecular weight is 394 g/mol. The van der Waals surface area contributed by atoms with Crippen LogP contribution in [0.4, 0.5) is 22.0 Å². The van der Waals surface area contributed by atoms with Crippen LogP contribution in [0.2, 0.25) is 0 Å². The molecular formula is C19H23F5O3. The third kappa shape index (κ3) is 4.71. The first-order valence-corrected chi connectivity index (χ1v) is 9.23. The lowest BCUT2D eigenvalue weighted by Gasteiger charge is -2.40. The molecule has 2 aliphatic rings. The van der Waals surface area contributed by atoms with Crippen LogP contribution in [-0.2, 0) is 0 Å². The van der Waals surface area contributed by atoms with Crippen LogP contribution in [0.3, 0.4) is 0 Å². The fraction of sp³-hybridized carbons (Fsp3) is 0.684. The van der Waals surface area contributed by atoms with E-state index in [0.29, 0.717) is 50.7 Å². The van der Waals surface area contributed by atoms with E-state index in [1.165, 1.54) is 0 Å². The number of rotatable bonds is 4. The van der Waals surface area contributed by atoms with Gasteiger partial charge in [-0.15, -0.1) is 0 Å². The number of aliphatic hydroxyl groups is 2. The molecule has 2 saturated carbocycles. The summed E-state index contributed by atoms with van der Waals surface area (Å²) in [7, 11) is 0. The highest BCUT2D eigenvalue weighted by Crippen LogP contribution is 2.45. The molecule has 0 aromatic heterocycles. The monoisotopic (exact) mass is 394 g/mol. The van der Waals surface area contributed by atoms with Crippen molar-refractivity contribution in [2.75, 3.05) is 0 Å². The quantitative estimate of drug-likeness (QED) is 0.440. The van der Waals surface area contributed by atoms with E-state index >= 15 is 0 Å². The molecule has 0 atom stereocenters. The Hall–Kier alpha value is -1.41. The average Bonchev–Trinajstić information content (AvgIpc) is 2.59. The van der Waals surface area contributed by atoms with E-state index < -0.39 is 41.0 Å². The SMILES string of the molecule is OC1(O)CCC(C2CCC(C(F)(F)Oc3cc(F)c(F)c(F)c3)CC2)CC1. The molecule has 0 aliphatic heterocycles. The van der Waals surface area contributed by atoms with E-state index in [4.69, 9.17) is 0 Å². The van der Waals surface area contributed by atoms with Crippen molar-refractivity contribution in [1.29, 1.82) is 0 Å². The van der Waals surface area contributed by atoms with E-state index in [-0.39, 0.29) is 24.7 Å². The summed E-state index contributed by atoms with van der Waals surface area (Å²) < 4.78 is 72.7. The van der Waals surface area contributed by atoms with Crippen molar-refractivity contribution in [2.45, 2.75) is 63.3 Å². The third-order valence-corrected chi connectivity index (χ3v) is 5.96. The first kappa shape index (κ1) is 20.3. The Morgan fingerprint density at radius 2 is 1.33 bits per heavy atom. The lowest BCUT2D eigenvalue weighted by molar-refractivity contribution is -0.225. The van der Waals surface area contributed by atoms with Crippen LogP contribution in [0.25, 0.3) is 0 Å². The highest BCUT2D eigenvalue weighted by molar-refractivity contribution is 5.25. The molecule has 0 unspecified atom stereocenters. The fourth-order valence-electron chi connectivity index (χ4n) is 4.33. The van der Waals surface area contributed by atoms with E-state index in [2.05, 4.69) is 4.74 Å². The molecule has 1 aromatic carbocycles. The normalized spacial score (nSPS) is 26.8. The number of ether oxygens (including phenoxy) is 1. The van der Waals surface area contributed by atoms with Crippen molar-refractivity contribution in [3.63, 3.8) is 0 Å². The molecule has 8 heteroatoms. The zero-order valence-corrected chi connectivity index (χ0v) is 14.7. The molecule has 2 fully saturated rings. The summed E-state index contributed by atoms with van der Waals surface area (Å²) in [6.45, 7) is 0. The molecule has 0 bridgehead atoms. The Kier molecular flexibility index (Phi) is 5.68. The van der Waals surface area contributed by atoms with Gasteiger partial charge in [-0.3, -0.25) is 0 Å². The van der Waals surface area contributed by atoms with Gasteiger partial charge < -0.3 is 14.9 Å². The smallest absolute Gasteiger partial charge is 0.400 e. The summed E-state index contributed by atoms with van der Waals surface area (Å²) in [5.41, 5.74) is 0. The first-order chi connectivity index (χ1) is 12.6. The van der Waals surface area contributed by atoms with Crippen LogP contribution < -0.4 is 4.74 Å². The molecule has 3 rings (SSSR count). The molecule has 2 N–H and O–H groups in total. The Bertz CT molecular complexity index is 638. The second-order valence-corrected chi connectivity index (χ2v) is 7.80. The highest BCUT2D eigenvalue weighted by Gasteiger charge is 2.45. The molecule has 3 nitrogen and oxygen atoms in total. The van der Waals surface area contributed by atoms with Crippen LogP contribution in [0.5, 0.6) is 5.75 Å². The van der Waals surface area contributed by atoms with Gasteiger partial charge in [0.1, 0.15) is 5.75 Å². The van der Waals surface area contributed by atoms with Crippen LogP contribution in [0.15, 0.2) is 12.1 Å². The van der Waals surface area contributed by atoms with E-state index in [1.54, 1.807) is 0 Å². The predicted molar refractivity (Wildman–Crippen MR) is 86.5 cm³/mol. The van der Waals surface area contributed by atoms with E-state index in [1.807, 2.05) is 0 Å². The minimum absolute atomic E-state index is 0.198. The van der Waals surface area contributed by atoms with Gasteiger partial charge in [0.15, 0.2) is 23.2 Å². The minimum atomic E-state index is -3.61. The largest absolute Gasteiger partial charge is 0.432 e. The maximum absolute atomic E-state index is 14.4. The van der Waals surface area contributed by atoms with Gasteiger partial charge in [0.2, 0.25) is 0 Å². The lowest BCUT2D eigenvalue weighted by Crippen LogP contribution is -2.40. The van der Waals surface area contributed by atoms with Crippen molar-refractivity contribution >= 4 is 0 Å². The lowest BCUT2D eigenvalue weighted by atomic mass is 9.70. The van der Waals surface area contributed by atoms with Crippen molar-refractivity contribution in [3.05, 3.63) is 29.6 Å². The first-order valence-electron chi connectivity index (χ1n) is 9.23. The molecule has 1 aromatic rings. The predicted octanol–water partition coefficient (Wildman–Crippen LogP) is 4.75.